The fourth-order valence-electron chi connectivity index (χ4n) is 2.21. The Bertz CT molecular complexity index is 234. The quantitative estimate of drug-likeness (QED) is 0.760. The van der Waals surface area contributed by atoms with Gasteiger partial charge in [0, 0.05) is 0 Å². The van der Waals surface area contributed by atoms with Crippen LogP contribution in [0.2, 0.25) is 0 Å². The van der Waals surface area contributed by atoms with E-state index in [1.807, 2.05) is 0 Å². The zero-order chi connectivity index (χ0) is 12.3. The molecular formula is C12H20O4. The molecule has 2 fully saturated rings. The summed E-state index contributed by atoms with van der Waals surface area (Å²) in [6, 6.07) is 0. The summed E-state index contributed by atoms with van der Waals surface area (Å²) in [5.41, 5.74) is 0. The maximum absolute atomic E-state index is 10.1. The summed E-state index contributed by atoms with van der Waals surface area (Å²) >= 11 is 0. The van der Waals surface area contributed by atoms with Crippen LogP contribution in [0.3, 0.4) is 0 Å². The molecule has 0 aliphatic heterocycles. The molecule has 0 aromatic heterocycles. The van der Waals surface area contributed by atoms with Crippen LogP contribution < -0.4 is 0 Å². The Morgan fingerprint density at radius 1 is 0.812 bits per heavy atom. The third-order valence-corrected chi connectivity index (χ3v) is 3.45. The molecule has 0 amide bonds. The van der Waals surface area contributed by atoms with E-state index in [2.05, 4.69) is 13.8 Å². The van der Waals surface area contributed by atoms with Gasteiger partial charge < -0.3 is 10.2 Å². The first-order valence-corrected chi connectivity index (χ1v) is 5.85. The van der Waals surface area contributed by atoms with Crippen LogP contribution in [-0.2, 0) is 9.59 Å². The van der Waals surface area contributed by atoms with Gasteiger partial charge in [-0.1, -0.05) is 13.8 Å². The lowest BCUT2D eigenvalue weighted by Crippen LogP contribution is -2.28. The topological polar surface area (TPSA) is 74.6 Å². The molecule has 2 aliphatic rings. The second-order valence-corrected chi connectivity index (χ2v) is 5.22. The average molecular weight is 228 g/mol. The van der Waals surface area contributed by atoms with Crippen molar-refractivity contribution in [1.29, 1.82) is 0 Å². The van der Waals surface area contributed by atoms with Gasteiger partial charge in [-0.2, -0.15) is 0 Å². The van der Waals surface area contributed by atoms with E-state index < -0.39 is 11.9 Å². The van der Waals surface area contributed by atoms with Crippen molar-refractivity contribution in [2.24, 2.45) is 23.7 Å². The second kappa shape index (κ2) is 5.32. The van der Waals surface area contributed by atoms with Crippen LogP contribution in [0.5, 0.6) is 0 Å². The minimum Gasteiger partial charge on any atom is -0.481 e. The summed E-state index contributed by atoms with van der Waals surface area (Å²) in [6.07, 6.45) is 3.54. The van der Waals surface area contributed by atoms with E-state index in [1.165, 1.54) is 0 Å². The number of hydrogen-bond donors (Lipinski definition) is 2. The monoisotopic (exact) mass is 228 g/mol. The zero-order valence-electron chi connectivity index (χ0n) is 9.85. The predicted octanol–water partition coefficient (Wildman–Crippen LogP) is 2.23. The maximum atomic E-state index is 10.1. The summed E-state index contributed by atoms with van der Waals surface area (Å²) < 4.78 is 0. The molecule has 0 spiro atoms. The van der Waals surface area contributed by atoms with E-state index >= 15 is 0 Å². The van der Waals surface area contributed by atoms with E-state index in [4.69, 9.17) is 10.2 Å². The third-order valence-electron chi connectivity index (χ3n) is 3.45. The van der Waals surface area contributed by atoms with Crippen LogP contribution in [0.25, 0.3) is 0 Å². The highest BCUT2D eigenvalue weighted by Crippen LogP contribution is 2.33. The molecule has 0 aromatic rings. The Kier molecular flexibility index (Phi) is 4.33. The van der Waals surface area contributed by atoms with Gasteiger partial charge in [0.1, 0.15) is 0 Å². The van der Waals surface area contributed by atoms with E-state index in [0.717, 1.165) is 25.7 Å². The van der Waals surface area contributed by atoms with Crippen molar-refractivity contribution >= 4 is 11.9 Å². The van der Waals surface area contributed by atoms with Crippen molar-refractivity contribution in [2.75, 3.05) is 0 Å². The summed E-state index contributed by atoms with van der Waals surface area (Å²) in [7, 11) is 0. The molecule has 92 valence electrons. The standard InChI is InChI=1S/2C6H10O2/c2*1-4-2-5(3-4)6(7)8/h2*4-5H,2-3H2,1H3,(H,7,8). The fourth-order valence-corrected chi connectivity index (χ4v) is 2.21. The van der Waals surface area contributed by atoms with Crippen LogP contribution in [0, 0.1) is 23.7 Å². The van der Waals surface area contributed by atoms with Crippen molar-refractivity contribution in [3.8, 4) is 0 Å². The summed E-state index contributed by atoms with van der Waals surface area (Å²) in [4.78, 5) is 20.3. The van der Waals surface area contributed by atoms with Crippen LogP contribution in [0.15, 0.2) is 0 Å². The largest absolute Gasteiger partial charge is 0.481 e. The average Bonchev–Trinajstić information content (AvgIpc) is 2.08. The van der Waals surface area contributed by atoms with Gasteiger partial charge in [-0.05, 0) is 37.5 Å². The fraction of sp³-hybridized carbons (Fsp3) is 0.833. The van der Waals surface area contributed by atoms with Gasteiger partial charge in [-0.3, -0.25) is 9.59 Å². The maximum Gasteiger partial charge on any atom is 0.306 e. The highest BCUT2D eigenvalue weighted by Gasteiger charge is 2.31. The number of carbonyl (C=O) groups is 2. The second-order valence-electron chi connectivity index (χ2n) is 5.22. The van der Waals surface area contributed by atoms with Crippen molar-refractivity contribution in [3.63, 3.8) is 0 Å². The first-order chi connectivity index (χ1) is 7.40. The molecule has 0 unspecified atom stereocenters. The molecule has 16 heavy (non-hydrogen) atoms. The number of carboxylic acids is 2. The van der Waals surface area contributed by atoms with E-state index in [1.54, 1.807) is 0 Å². The SMILES string of the molecule is CC1CC(C(=O)O)C1.CC1CC(C(=O)O)C1. The van der Waals surface area contributed by atoms with Gasteiger partial charge in [0.2, 0.25) is 0 Å². The molecule has 2 N–H and O–H groups in total. The number of carboxylic acid groups (broad SMARTS) is 2. The van der Waals surface area contributed by atoms with Gasteiger partial charge in [0.25, 0.3) is 0 Å². The van der Waals surface area contributed by atoms with Gasteiger partial charge in [-0.15, -0.1) is 0 Å². The smallest absolute Gasteiger partial charge is 0.306 e. The highest BCUT2D eigenvalue weighted by molar-refractivity contribution is 5.71. The lowest BCUT2D eigenvalue weighted by Gasteiger charge is -2.28. The molecule has 2 saturated carbocycles. The summed E-state index contributed by atoms with van der Waals surface area (Å²) in [5, 5.41) is 16.7. The Morgan fingerprint density at radius 3 is 1.12 bits per heavy atom. The minimum absolute atomic E-state index is 0.0231. The number of aliphatic carboxylic acids is 2. The molecule has 0 bridgehead atoms. The van der Waals surface area contributed by atoms with E-state index in [9.17, 15) is 9.59 Å². The third kappa shape index (κ3) is 3.51. The van der Waals surface area contributed by atoms with Gasteiger partial charge in [0.15, 0.2) is 0 Å². The van der Waals surface area contributed by atoms with Crippen molar-refractivity contribution < 1.29 is 19.8 Å². The molecule has 4 nitrogen and oxygen atoms in total. The first-order valence-electron chi connectivity index (χ1n) is 5.85. The normalized spacial score (nSPS) is 36.1. The minimum atomic E-state index is -0.622. The lowest BCUT2D eigenvalue weighted by molar-refractivity contribution is -0.147. The molecule has 0 radical (unpaired) electrons. The first kappa shape index (κ1) is 13.0. The lowest BCUT2D eigenvalue weighted by atomic mass is 9.76. The molecule has 2 rings (SSSR count). The highest BCUT2D eigenvalue weighted by atomic mass is 16.4. The molecule has 2 aliphatic carbocycles. The molecule has 0 aromatic carbocycles. The number of rotatable bonds is 2. The van der Waals surface area contributed by atoms with Crippen LogP contribution in [0.4, 0.5) is 0 Å². The Balaban J connectivity index is 0.000000160. The molecule has 0 atom stereocenters. The Hall–Kier alpha value is -1.06. The molecule has 0 saturated heterocycles. The van der Waals surface area contributed by atoms with Gasteiger partial charge in [-0.25, -0.2) is 0 Å². The summed E-state index contributed by atoms with van der Waals surface area (Å²) in [5.74, 6) is 0.00778. The van der Waals surface area contributed by atoms with E-state index in [0.29, 0.717) is 11.8 Å². The van der Waals surface area contributed by atoms with Crippen molar-refractivity contribution in [2.45, 2.75) is 39.5 Å². The number of hydrogen-bond acceptors (Lipinski definition) is 2. The van der Waals surface area contributed by atoms with Crippen molar-refractivity contribution in [1.82, 2.24) is 0 Å². The van der Waals surface area contributed by atoms with Crippen LogP contribution in [0.1, 0.15) is 39.5 Å². The Morgan fingerprint density at radius 2 is 1.06 bits per heavy atom. The summed E-state index contributed by atoms with van der Waals surface area (Å²) in [6.45, 7) is 4.17. The Labute approximate surface area is 95.7 Å². The molecule has 0 heterocycles. The van der Waals surface area contributed by atoms with Gasteiger partial charge in [0.05, 0.1) is 11.8 Å². The van der Waals surface area contributed by atoms with Gasteiger partial charge >= 0.3 is 11.9 Å². The van der Waals surface area contributed by atoms with Crippen LogP contribution in [-0.4, -0.2) is 22.2 Å². The van der Waals surface area contributed by atoms with Crippen molar-refractivity contribution in [3.05, 3.63) is 0 Å². The van der Waals surface area contributed by atoms with E-state index in [-0.39, 0.29) is 11.8 Å². The zero-order valence-corrected chi connectivity index (χ0v) is 9.85. The molecule has 4 heteroatoms. The van der Waals surface area contributed by atoms with Crippen LogP contribution >= 0.6 is 0 Å². The predicted molar refractivity (Wildman–Crippen MR) is 59.0 cm³/mol. The molecular weight excluding hydrogens is 208 g/mol.